The Morgan fingerprint density at radius 1 is 1.38 bits per heavy atom. The van der Waals surface area contributed by atoms with Gasteiger partial charge in [0.2, 0.25) is 0 Å². The van der Waals surface area contributed by atoms with E-state index in [1.54, 1.807) is 0 Å². The van der Waals surface area contributed by atoms with Crippen molar-refractivity contribution >= 4 is 5.97 Å². The molecule has 2 aliphatic rings. The van der Waals surface area contributed by atoms with Crippen LogP contribution in [0.4, 0.5) is 0 Å². The van der Waals surface area contributed by atoms with Crippen LogP contribution in [-0.4, -0.2) is 49.3 Å². The van der Waals surface area contributed by atoms with Crippen LogP contribution in [0.5, 0.6) is 0 Å². The lowest BCUT2D eigenvalue weighted by molar-refractivity contribution is -0.173. The Kier molecular flexibility index (Phi) is 3.82. The van der Waals surface area contributed by atoms with E-state index in [0.717, 1.165) is 45.7 Å². The van der Waals surface area contributed by atoms with Crippen LogP contribution in [0.25, 0.3) is 0 Å². The molecule has 1 saturated carbocycles. The van der Waals surface area contributed by atoms with Gasteiger partial charge in [-0.05, 0) is 19.3 Å². The average Bonchev–Trinajstić information content (AvgIpc) is 2.27. The van der Waals surface area contributed by atoms with E-state index in [1.165, 1.54) is 6.42 Å². The third-order valence-electron chi connectivity index (χ3n) is 3.50. The molecule has 2 rings (SSSR count). The maximum absolute atomic E-state index is 11.4. The van der Waals surface area contributed by atoms with Crippen LogP contribution in [0.2, 0.25) is 0 Å². The molecule has 0 aromatic carbocycles. The topological polar surface area (TPSA) is 38.8 Å². The summed E-state index contributed by atoms with van der Waals surface area (Å²) in [5.74, 6) is -0.0621. The standard InChI is InChI=1S/C12H21NO3/c1-2-11(14)16-12(4-3-5-12)10-13-6-8-15-9-7-13/h2-10H2,1H3. The van der Waals surface area contributed by atoms with Crippen LogP contribution in [0.1, 0.15) is 32.6 Å². The fraction of sp³-hybridized carbons (Fsp3) is 0.917. The Balaban J connectivity index is 1.85. The van der Waals surface area contributed by atoms with E-state index in [-0.39, 0.29) is 11.6 Å². The molecule has 1 saturated heterocycles. The Morgan fingerprint density at radius 3 is 2.56 bits per heavy atom. The molecule has 0 bridgehead atoms. The molecule has 92 valence electrons. The third kappa shape index (κ3) is 2.74. The van der Waals surface area contributed by atoms with E-state index in [1.807, 2.05) is 6.92 Å². The second-order valence-electron chi connectivity index (χ2n) is 4.75. The van der Waals surface area contributed by atoms with Crippen molar-refractivity contribution in [1.82, 2.24) is 4.90 Å². The first-order valence-corrected chi connectivity index (χ1v) is 6.26. The second-order valence-corrected chi connectivity index (χ2v) is 4.75. The number of hydrogen-bond donors (Lipinski definition) is 0. The van der Waals surface area contributed by atoms with Crippen LogP contribution >= 0.6 is 0 Å². The van der Waals surface area contributed by atoms with Crippen LogP contribution in [0.15, 0.2) is 0 Å². The van der Waals surface area contributed by atoms with Crippen LogP contribution in [0, 0.1) is 0 Å². The number of morpholine rings is 1. The number of esters is 1. The normalized spacial score (nSPS) is 24.8. The van der Waals surface area contributed by atoms with Crippen molar-refractivity contribution < 1.29 is 14.3 Å². The maximum atomic E-state index is 11.4. The van der Waals surface area contributed by atoms with Gasteiger partial charge in [-0.1, -0.05) is 6.92 Å². The summed E-state index contributed by atoms with van der Waals surface area (Å²) < 4.78 is 10.9. The molecule has 1 aliphatic heterocycles. The summed E-state index contributed by atoms with van der Waals surface area (Å²) in [4.78, 5) is 13.7. The zero-order chi connectivity index (χ0) is 11.4. The summed E-state index contributed by atoms with van der Waals surface area (Å²) in [6.07, 6.45) is 3.71. The van der Waals surface area contributed by atoms with Crippen molar-refractivity contribution in [2.24, 2.45) is 0 Å². The monoisotopic (exact) mass is 227 g/mol. The number of ether oxygens (including phenoxy) is 2. The Hall–Kier alpha value is -0.610. The highest BCUT2D eigenvalue weighted by Crippen LogP contribution is 2.36. The predicted octanol–water partition coefficient (Wildman–Crippen LogP) is 1.19. The van der Waals surface area contributed by atoms with E-state index >= 15 is 0 Å². The number of rotatable bonds is 4. The summed E-state index contributed by atoms with van der Waals surface area (Å²) in [7, 11) is 0. The maximum Gasteiger partial charge on any atom is 0.306 e. The first kappa shape index (κ1) is 11.9. The summed E-state index contributed by atoms with van der Waals surface area (Å²) in [6.45, 7) is 6.28. The van der Waals surface area contributed by atoms with Crippen LogP contribution in [-0.2, 0) is 14.3 Å². The molecule has 0 aromatic heterocycles. The quantitative estimate of drug-likeness (QED) is 0.676. The highest BCUT2D eigenvalue weighted by molar-refractivity contribution is 5.69. The lowest BCUT2D eigenvalue weighted by atomic mass is 9.79. The van der Waals surface area contributed by atoms with Gasteiger partial charge in [-0.15, -0.1) is 0 Å². The average molecular weight is 227 g/mol. The number of carbonyl (C=O) groups is 1. The Labute approximate surface area is 96.9 Å². The lowest BCUT2D eigenvalue weighted by Gasteiger charge is -2.44. The summed E-state index contributed by atoms with van der Waals surface area (Å²) in [5, 5.41) is 0. The van der Waals surface area contributed by atoms with E-state index < -0.39 is 0 Å². The molecule has 0 spiro atoms. The third-order valence-corrected chi connectivity index (χ3v) is 3.50. The van der Waals surface area contributed by atoms with Gasteiger partial charge in [-0.25, -0.2) is 0 Å². The molecule has 0 radical (unpaired) electrons. The van der Waals surface area contributed by atoms with E-state index in [4.69, 9.17) is 9.47 Å². The summed E-state index contributed by atoms with van der Waals surface area (Å²) in [6, 6.07) is 0. The molecule has 0 aromatic rings. The summed E-state index contributed by atoms with van der Waals surface area (Å²) >= 11 is 0. The molecule has 2 fully saturated rings. The van der Waals surface area contributed by atoms with Crippen LogP contribution in [0.3, 0.4) is 0 Å². The minimum Gasteiger partial charge on any atom is -0.458 e. The van der Waals surface area contributed by atoms with E-state index in [2.05, 4.69) is 4.90 Å². The van der Waals surface area contributed by atoms with Gasteiger partial charge in [-0.2, -0.15) is 0 Å². The first-order valence-electron chi connectivity index (χ1n) is 6.26. The van der Waals surface area contributed by atoms with Gasteiger partial charge in [0.1, 0.15) is 5.60 Å². The van der Waals surface area contributed by atoms with E-state index in [0.29, 0.717) is 6.42 Å². The zero-order valence-electron chi connectivity index (χ0n) is 10.0. The van der Waals surface area contributed by atoms with Gasteiger partial charge in [0.05, 0.1) is 13.2 Å². The van der Waals surface area contributed by atoms with Gasteiger partial charge < -0.3 is 9.47 Å². The predicted molar refractivity (Wildman–Crippen MR) is 60.2 cm³/mol. The van der Waals surface area contributed by atoms with Crippen molar-refractivity contribution in [3.63, 3.8) is 0 Å². The minimum absolute atomic E-state index is 0.0621. The van der Waals surface area contributed by atoms with Crippen molar-refractivity contribution in [3.05, 3.63) is 0 Å². The molecule has 0 amide bonds. The van der Waals surface area contributed by atoms with Crippen molar-refractivity contribution in [3.8, 4) is 0 Å². The smallest absolute Gasteiger partial charge is 0.306 e. The molecule has 4 nitrogen and oxygen atoms in total. The molecule has 1 heterocycles. The van der Waals surface area contributed by atoms with E-state index in [9.17, 15) is 4.79 Å². The SMILES string of the molecule is CCC(=O)OC1(CN2CCOCC2)CCC1. The molecule has 1 aliphatic carbocycles. The Bertz CT molecular complexity index is 245. The van der Waals surface area contributed by atoms with Crippen molar-refractivity contribution in [1.29, 1.82) is 0 Å². The fourth-order valence-electron chi connectivity index (χ4n) is 2.34. The largest absolute Gasteiger partial charge is 0.458 e. The fourth-order valence-corrected chi connectivity index (χ4v) is 2.34. The van der Waals surface area contributed by atoms with Crippen LogP contribution < -0.4 is 0 Å². The van der Waals surface area contributed by atoms with Gasteiger partial charge >= 0.3 is 5.97 Å². The molecular weight excluding hydrogens is 206 g/mol. The molecule has 16 heavy (non-hydrogen) atoms. The molecule has 0 unspecified atom stereocenters. The summed E-state index contributed by atoms with van der Waals surface area (Å²) in [5.41, 5.74) is -0.176. The van der Waals surface area contributed by atoms with Gasteiger partial charge in [-0.3, -0.25) is 9.69 Å². The van der Waals surface area contributed by atoms with Gasteiger partial charge in [0.25, 0.3) is 0 Å². The molecular formula is C12H21NO3. The highest BCUT2D eigenvalue weighted by atomic mass is 16.6. The molecule has 0 N–H and O–H groups in total. The zero-order valence-corrected chi connectivity index (χ0v) is 10.0. The first-order chi connectivity index (χ1) is 7.74. The number of nitrogens with zero attached hydrogens (tertiary/aromatic N) is 1. The second kappa shape index (κ2) is 5.15. The van der Waals surface area contributed by atoms with Crippen molar-refractivity contribution in [2.75, 3.05) is 32.8 Å². The number of hydrogen-bond acceptors (Lipinski definition) is 4. The van der Waals surface area contributed by atoms with Crippen molar-refractivity contribution in [2.45, 2.75) is 38.2 Å². The van der Waals surface area contributed by atoms with Gasteiger partial charge in [0.15, 0.2) is 0 Å². The number of carbonyl (C=O) groups excluding carboxylic acids is 1. The molecule has 0 atom stereocenters. The highest BCUT2D eigenvalue weighted by Gasteiger charge is 2.42. The molecule has 4 heteroatoms. The van der Waals surface area contributed by atoms with Gasteiger partial charge in [0, 0.05) is 26.1 Å². The lowest BCUT2D eigenvalue weighted by Crippen LogP contribution is -2.53. The minimum atomic E-state index is -0.176. The Morgan fingerprint density at radius 2 is 2.06 bits per heavy atom.